The number of carboxylic acid groups (broad SMARTS) is 2. The first-order valence-corrected chi connectivity index (χ1v) is 15.6. The smallest absolute Gasteiger partial charge is 0.325 e. The van der Waals surface area contributed by atoms with Crippen LogP contribution >= 0.6 is 0 Å². The first kappa shape index (κ1) is 45.6. The van der Waals surface area contributed by atoms with E-state index < -0.39 is 32.7 Å². The number of aliphatic hydroxyl groups is 3. The fraction of sp³-hybridized carbons (Fsp3) is 0.923. The molecule has 13 nitrogen and oxygen atoms in total. The molecule has 3 atom stereocenters. The highest BCUT2D eigenvalue weighted by molar-refractivity contribution is 7.87. The van der Waals surface area contributed by atoms with Crippen molar-refractivity contribution < 1.29 is 48.1 Å². The van der Waals surface area contributed by atoms with Crippen LogP contribution in [0.4, 0.5) is 0 Å². The highest BCUT2D eigenvalue weighted by atomic mass is 32.2. The molecular weight excluding hydrogens is 546 g/mol. The van der Waals surface area contributed by atoms with Crippen LogP contribution in [0.2, 0.25) is 0 Å². The zero-order chi connectivity index (χ0) is 32.2. The van der Waals surface area contributed by atoms with Gasteiger partial charge in [0.2, 0.25) is 0 Å². The van der Waals surface area contributed by atoms with Crippen molar-refractivity contribution in [2.45, 2.75) is 97.2 Å². The molecule has 0 aromatic carbocycles. The Labute approximate surface area is 241 Å². The Balaban J connectivity index is -0.000000450. The zero-order valence-corrected chi connectivity index (χ0v) is 25.8. The lowest BCUT2D eigenvalue weighted by molar-refractivity contribution is -0.158. The second-order valence-electron chi connectivity index (χ2n) is 9.47. The van der Waals surface area contributed by atoms with E-state index in [1.165, 1.54) is 0 Å². The number of carboxylic acids is 2. The van der Waals surface area contributed by atoms with Gasteiger partial charge in [-0.25, -0.2) is 0 Å². The second kappa shape index (κ2) is 29.1. The molecule has 244 valence electrons. The summed E-state index contributed by atoms with van der Waals surface area (Å²) < 4.78 is 33.7. The Morgan fingerprint density at radius 2 is 1.02 bits per heavy atom. The number of hydrogen-bond acceptors (Lipinski definition) is 10. The van der Waals surface area contributed by atoms with Crippen molar-refractivity contribution in [1.82, 2.24) is 0 Å². The summed E-state index contributed by atoms with van der Waals surface area (Å²) >= 11 is 0. The minimum atomic E-state index is -5.10. The van der Waals surface area contributed by atoms with Gasteiger partial charge >= 0.3 is 11.9 Å². The molecule has 40 heavy (non-hydrogen) atoms. The molecule has 0 spiro atoms. The van der Waals surface area contributed by atoms with E-state index in [9.17, 15) is 32.8 Å². The predicted molar refractivity (Wildman–Crippen MR) is 157 cm³/mol. The average molecular weight is 606 g/mol. The van der Waals surface area contributed by atoms with Crippen LogP contribution < -0.4 is 17.2 Å². The van der Waals surface area contributed by atoms with Crippen molar-refractivity contribution in [1.29, 1.82) is 0 Å². The molecule has 0 aliphatic heterocycles. The number of rotatable bonds is 19. The molecule has 0 radical (unpaired) electrons. The minimum Gasteiger partial charge on any atom is -0.481 e. The molecule has 0 amide bonds. The fourth-order valence-corrected chi connectivity index (χ4v) is 5.27. The fourth-order valence-electron chi connectivity index (χ4n) is 4.15. The predicted octanol–water partition coefficient (Wildman–Crippen LogP) is 1.42. The van der Waals surface area contributed by atoms with Gasteiger partial charge in [0.1, 0.15) is 0 Å². The molecule has 0 aromatic rings. The molecule has 0 saturated carbocycles. The van der Waals surface area contributed by atoms with Crippen molar-refractivity contribution in [2.24, 2.45) is 34.5 Å². The van der Waals surface area contributed by atoms with Gasteiger partial charge in [-0.15, -0.1) is 0 Å². The molecule has 12 N–H and O–H groups in total. The van der Waals surface area contributed by atoms with Crippen molar-refractivity contribution in [3.63, 3.8) is 0 Å². The van der Waals surface area contributed by atoms with E-state index >= 15 is 0 Å². The van der Waals surface area contributed by atoms with E-state index in [4.69, 9.17) is 32.5 Å². The van der Waals surface area contributed by atoms with Gasteiger partial charge in [-0.3, -0.25) is 14.1 Å². The van der Waals surface area contributed by atoms with Crippen molar-refractivity contribution in [3.05, 3.63) is 0 Å². The van der Waals surface area contributed by atoms with Gasteiger partial charge in [0.25, 0.3) is 10.1 Å². The maximum absolute atomic E-state index is 12.4. The van der Waals surface area contributed by atoms with Gasteiger partial charge in [-0.2, -0.15) is 8.42 Å². The third-order valence-corrected chi connectivity index (χ3v) is 7.48. The van der Waals surface area contributed by atoms with Crippen LogP contribution in [0.25, 0.3) is 0 Å². The third-order valence-electron chi connectivity index (χ3n) is 6.23. The van der Waals surface area contributed by atoms with Crippen LogP contribution in [0.5, 0.6) is 0 Å². The Kier molecular flexibility index (Phi) is 33.2. The summed E-state index contributed by atoms with van der Waals surface area (Å²) in [6.07, 6.45) is 6.02. The van der Waals surface area contributed by atoms with Crippen LogP contribution in [0.1, 0.15) is 91.9 Å². The first-order chi connectivity index (χ1) is 18.7. The monoisotopic (exact) mass is 605 g/mol. The summed E-state index contributed by atoms with van der Waals surface area (Å²) in [4.78, 5) is 24.3. The molecule has 0 aliphatic carbocycles. The Morgan fingerprint density at radius 1 is 0.725 bits per heavy atom. The standard InChI is InChI=1S/C20H38O7S.3C2H7NO/c1-5-9-11-15(7-3)13-20(19(23)24,14-16(8-4)12-10-6-2)17(18(21)22)28(25,26)27;3*3-1-2-4/h15-17H,5-14H2,1-4H3,(H,21,22)(H,23,24)(H,25,26,27);3*4H,1-3H2. The molecule has 0 aromatic heterocycles. The quantitative estimate of drug-likeness (QED) is 0.0944. The second-order valence-corrected chi connectivity index (χ2v) is 11.0. The van der Waals surface area contributed by atoms with Gasteiger partial charge in [0.15, 0.2) is 5.25 Å². The minimum absolute atomic E-state index is 0.0712. The highest BCUT2D eigenvalue weighted by Crippen LogP contribution is 2.44. The lowest BCUT2D eigenvalue weighted by Gasteiger charge is -2.38. The summed E-state index contributed by atoms with van der Waals surface area (Å²) in [5.74, 6) is -3.50. The summed E-state index contributed by atoms with van der Waals surface area (Å²) in [6.45, 7) is 9.22. The molecule has 14 heteroatoms. The lowest BCUT2D eigenvalue weighted by Crippen LogP contribution is -2.53. The molecule has 0 aliphatic rings. The molecular formula is C26H59N3O10S. The number of nitrogens with two attached hydrogens (primary N) is 3. The van der Waals surface area contributed by atoms with Crippen LogP contribution in [0.15, 0.2) is 0 Å². The number of unbranched alkanes of at least 4 members (excludes halogenated alkanes) is 2. The van der Waals surface area contributed by atoms with Gasteiger partial charge in [-0.1, -0.05) is 79.1 Å². The first-order valence-electron chi connectivity index (χ1n) is 14.1. The number of carbonyl (C=O) groups is 2. The lowest BCUT2D eigenvalue weighted by atomic mass is 9.68. The summed E-state index contributed by atoms with van der Waals surface area (Å²) in [7, 11) is -5.10. The van der Waals surface area contributed by atoms with E-state index in [-0.39, 0.29) is 44.5 Å². The molecule has 0 saturated heterocycles. The number of aliphatic carboxylic acids is 2. The molecule has 0 heterocycles. The molecule has 0 bridgehead atoms. The number of aliphatic hydroxyl groups excluding tert-OH is 3. The van der Waals surface area contributed by atoms with Crippen LogP contribution in [0, 0.1) is 17.3 Å². The molecule has 0 fully saturated rings. The largest absolute Gasteiger partial charge is 0.481 e. The van der Waals surface area contributed by atoms with Gasteiger partial charge in [-0.05, 0) is 24.7 Å². The van der Waals surface area contributed by atoms with Crippen LogP contribution in [0.3, 0.4) is 0 Å². The summed E-state index contributed by atoms with van der Waals surface area (Å²) in [5, 5.41) is 40.6. The van der Waals surface area contributed by atoms with Gasteiger partial charge < -0.3 is 42.7 Å². The zero-order valence-electron chi connectivity index (χ0n) is 25.0. The maximum Gasteiger partial charge on any atom is 0.325 e. The van der Waals surface area contributed by atoms with Crippen LogP contribution in [-0.2, 0) is 19.7 Å². The average Bonchev–Trinajstić information content (AvgIpc) is 2.92. The van der Waals surface area contributed by atoms with Gasteiger partial charge in [0.05, 0.1) is 25.2 Å². The summed E-state index contributed by atoms with van der Waals surface area (Å²) in [6, 6.07) is 0. The molecule has 3 unspecified atom stereocenters. The third kappa shape index (κ3) is 22.3. The SMILES string of the molecule is CCCCC(CC)CC(CC(CC)CCCC)(C(=O)O)C(C(=O)O)S(=O)(=O)O.NCCO.NCCO.NCCO. The Bertz CT molecular complexity index is 663. The summed E-state index contributed by atoms with van der Waals surface area (Å²) in [5.41, 5.74) is 12.3. The maximum atomic E-state index is 12.4. The van der Waals surface area contributed by atoms with Gasteiger partial charge in [0, 0.05) is 19.6 Å². The topological polar surface area (TPSA) is 268 Å². The van der Waals surface area contributed by atoms with E-state index in [1.807, 2.05) is 27.7 Å². The van der Waals surface area contributed by atoms with E-state index in [0.717, 1.165) is 25.7 Å². The van der Waals surface area contributed by atoms with E-state index in [1.54, 1.807) is 0 Å². The molecule has 0 rings (SSSR count). The normalized spacial score (nSPS) is 14.5. The van der Waals surface area contributed by atoms with E-state index in [2.05, 4.69) is 0 Å². The van der Waals surface area contributed by atoms with Crippen molar-refractivity contribution in [3.8, 4) is 0 Å². The Morgan fingerprint density at radius 3 is 1.18 bits per heavy atom. The number of hydrogen-bond donors (Lipinski definition) is 9. The Hall–Kier alpha value is -1.39. The van der Waals surface area contributed by atoms with E-state index in [0.29, 0.717) is 45.3 Å². The van der Waals surface area contributed by atoms with Crippen molar-refractivity contribution in [2.75, 3.05) is 39.5 Å². The highest BCUT2D eigenvalue weighted by Gasteiger charge is 2.57. The van der Waals surface area contributed by atoms with Crippen LogP contribution in [-0.4, -0.2) is 95.1 Å². The van der Waals surface area contributed by atoms with Crippen molar-refractivity contribution >= 4 is 22.1 Å².